The van der Waals surface area contributed by atoms with Crippen molar-refractivity contribution in [2.45, 2.75) is 19.5 Å². The van der Waals surface area contributed by atoms with Gasteiger partial charge in [0.1, 0.15) is 5.82 Å². The van der Waals surface area contributed by atoms with Gasteiger partial charge in [0.15, 0.2) is 5.82 Å². The van der Waals surface area contributed by atoms with E-state index >= 15 is 0 Å². The van der Waals surface area contributed by atoms with E-state index in [-0.39, 0.29) is 5.91 Å². The van der Waals surface area contributed by atoms with Gasteiger partial charge >= 0.3 is 0 Å². The number of piperazine rings is 1. The first kappa shape index (κ1) is 16.9. The largest absolute Gasteiger partial charge is 0.354 e. The van der Waals surface area contributed by atoms with Gasteiger partial charge in [-0.15, -0.1) is 11.3 Å². The Hall–Kier alpha value is -2.51. The molecule has 1 N–H and O–H groups in total. The van der Waals surface area contributed by atoms with Gasteiger partial charge in [0.2, 0.25) is 5.91 Å². The first-order valence-corrected chi connectivity index (χ1v) is 9.62. The minimum absolute atomic E-state index is 0.0733. The SMILES string of the molecule is O=C1CN(Cc2nc(Cc3cccs3)nn2Cc2ccccc2)CCN1. The van der Waals surface area contributed by atoms with Crippen LogP contribution in [0.3, 0.4) is 0 Å². The predicted octanol–water partition coefficient (Wildman–Crippen LogP) is 1.91. The third-order valence-electron chi connectivity index (χ3n) is 4.36. The highest BCUT2D eigenvalue weighted by Gasteiger charge is 2.20. The quantitative estimate of drug-likeness (QED) is 0.723. The van der Waals surface area contributed by atoms with E-state index in [9.17, 15) is 4.79 Å². The molecule has 3 aromatic rings. The zero-order chi connectivity index (χ0) is 17.8. The Labute approximate surface area is 156 Å². The Morgan fingerprint density at radius 3 is 2.77 bits per heavy atom. The summed E-state index contributed by atoms with van der Waals surface area (Å²) < 4.78 is 1.98. The smallest absolute Gasteiger partial charge is 0.234 e. The van der Waals surface area contributed by atoms with Crippen molar-refractivity contribution in [3.05, 3.63) is 69.9 Å². The van der Waals surface area contributed by atoms with Crippen LogP contribution in [-0.2, 0) is 24.3 Å². The average Bonchev–Trinajstić information content (AvgIpc) is 3.27. The lowest BCUT2D eigenvalue weighted by molar-refractivity contribution is -0.124. The lowest BCUT2D eigenvalue weighted by Crippen LogP contribution is -2.47. The zero-order valence-corrected chi connectivity index (χ0v) is 15.3. The molecule has 1 amide bonds. The molecule has 1 aliphatic heterocycles. The summed E-state index contributed by atoms with van der Waals surface area (Å²) in [5.41, 5.74) is 1.19. The number of thiophene rings is 1. The van der Waals surface area contributed by atoms with Crippen LogP contribution in [0.4, 0.5) is 0 Å². The highest BCUT2D eigenvalue weighted by molar-refractivity contribution is 7.09. The summed E-state index contributed by atoms with van der Waals surface area (Å²) in [5, 5.41) is 9.69. The van der Waals surface area contributed by atoms with Gasteiger partial charge in [-0.05, 0) is 17.0 Å². The highest BCUT2D eigenvalue weighted by Crippen LogP contribution is 2.15. The minimum Gasteiger partial charge on any atom is -0.354 e. The van der Waals surface area contributed by atoms with E-state index in [0.717, 1.165) is 24.6 Å². The maximum Gasteiger partial charge on any atom is 0.234 e. The van der Waals surface area contributed by atoms with E-state index in [0.29, 0.717) is 26.2 Å². The topological polar surface area (TPSA) is 63.1 Å². The molecule has 2 aromatic heterocycles. The highest BCUT2D eigenvalue weighted by atomic mass is 32.1. The fourth-order valence-electron chi connectivity index (χ4n) is 3.10. The molecular formula is C19H21N5OS. The fourth-order valence-corrected chi connectivity index (χ4v) is 3.80. The zero-order valence-electron chi connectivity index (χ0n) is 14.5. The van der Waals surface area contributed by atoms with Gasteiger partial charge in [-0.3, -0.25) is 9.69 Å². The van der Waals surface area contributed by atoms with Gasteiger partial charge in [-0.1, -0.05) is 36.4 Å². The molecule has 4 rings (SSSR count). The van der Waals surface area contributed by atoms with Crippen molar-refractivity contribution in [3.63, 3.8) is 0 Å². The molecule has 26 heavy (non-hydrogen) atoms. The van der Waals surface area contributed by atoms with Gasteiger partial charge in [-0.25, -0.2) is 9.67 Å². The number of hydrogen-bond acceptors (Lipinski definition) is 5. The maximum atomic E-state index is 11.7. The van der Waals surface area contributed by atoms with Crippen LogP contribution in [0.15, 0.2) is 47.8 Å². The van der Waals surface area contributed by atoms with Crippen LogP contribution in [0.1, 0.15) is 22.1 Å². The summed E-state index contributed by atoms with van der Waals surface area (Å²) in [6.45, 7) is 3.27. The van der Waals surface area contributed by atoms with Gasteiger partial charge < -0.3 is 5.32 Å². The second kappa shape index (κ2) is 7.80. The van der Waals surface area contributed by atoms with E-state index in [2.05, 4.69) is 33.8 Å². The monoisotopic (exact) mass is 367 g/mol. The Bertz CT molecular complexity index is 859. The number of hydrogen-bond donors (Lipinski definition) is 1. The van der Waals surface area contributed by atoms with Gasteiger partial charge in [-0.2, -0.15) is 5.10 Å². The van der Waals surface area contributed by atoms with Crippen molar-refractivity contribution in [3.8, 4) is 0 Å². The predicted molar refractivity (Wildman–Crippen MR) is 101 cm³/mol. The number of rotatable bonds is 6. The van der Waals surface area contributed by atoms with Gasteiger partial charge in [0.25, 0.3) is 0 Å². The number of nitrogens with zero attached hydrogens (tertiary/aromatic N) is 4. The molecule has 0 saturated carbocycles. The van der Waals surface area contributed by atoms with Crippen molar-refractivity contribution in [2.24, 2.45) is 0 Å². The molecule has 3 heterocycles. The molecule has 0 radical (unpaired) electrons. The average molecular weight is 367 g/mol. The lowest BCUT2D eigenvalue weighted by atomic mass is 10.2. The van der Waals surface area contributed by atoms with Crippen molar-refractivity contribution in [1.29, 1.82) is 0 Å². The second-order valence-corrected chi connectivity index (χ2v) is 7.44. The molecular weight excluding hydrogens is 346 g/mol. The number of amides is 1. The number of benzene rings is 1. The molecule has 1 fully saturated rings. The molecule has 1 saturated heterocycles. The summed E-state index contributed by atoms with van der Waals surface area (Å²) in [5.74, 6) is 1.82. The summed E-state index contributed by atoms with van der Waals surface area (Å²) in [6, 6.07) is 14.4. The van der Waals surface area contributed by atoms with Crippen LogP contribution in [0.25, 0.3) is 0 Å². The van der Waals surface area contributed by atoms with Crippen molar-refractivity contribution >= 4 is 17.2 Å². The maximum absolute atomic E-state index is 11.7. The Morgan fingerprint density at radius 1 is 1.12 bits per heavy atom. The molecule has 0 unspecified atom stereocenters. The Balaban J connectivity index is 1.56. The van der Waals surface area contributed by atoms with E-state index in [1.165, 1.54) is 10.4 Å². The summed E-state index contributed by atoms with van der Waals surface area (Å²) in [6.07, 6.45) is 0.743. The Kier molecular flexibility index (Phi) is 5.08. The standard InChI is InChI=1S/C19H21N5OS/c25-19-14-23(9-8-20-19)13-18-21-17(11-16-7-4-10-26-16)22-24(18)12-15-5-2-1-3-6-15/h1-7,10H,8-9,11-14H2,(H,20,25). The van der Waals surface area contributed by atoms with Crippen molar-refractivity contribution < 1.29 is 4.79 Å². The molecule has 1 aliphatic rings. The molecule has 0 spiro atoms. The van der Waals surface area contributed by atoms with Crippen LogP contribution in [0.2, 0.25) is 0 Å². The second-order valence-electron chi connectivity index (χ2n) is 6.40. The number of carbonyl (C=O) groups is 1. The van der Waals surface area contributed by atoms with Gasteiger partial charge in [0.05, 0.1) is 19.6 Å². The van der Waals surface area contributed by atoms with E-state index in [1.807, 2.05) is 28.9 Å². The normalized spacial score (nSPS) is 15.2. The summed E-state index contributed by atoms with van der Waals surface area (Å²) in [7, 11) is 0. The number of aromatic nitrogens is 3. The fraction of sp³-hybridized carbons (Fsp3) is 0.316. The summed E-state index contributed by atoms with van der Waals surface area (Å²) >= 11 is 1.72. The van der Waals surface area contributed by atoms with Crippen LogP contribution in [-0.4, -0.2) is 45.2 Å². The minimum atomic E-state index is 0.0733. The van der Waals surface area contributed by atoms with E-state index in [1.54, 1.807) is 11.3 Å². The molecule has 1 aromatic carbocycles. The third kappa shape index (κ3) is 4.17. The lowest BCUT2D eigenvalue weighted by Gasteiger charge is -2.25. The number of carbonyl (C=O) groups excluding carboxylic acids is 1. The van der Waals surface area contributed by atoms with Crippen LogP contribution < -0.4 is 5.32 Å². The Morgan fingerprint density at radius 2 is 2.00 bits per heavy atom. The van der Waals surface area contributed by atoms with E-state index < -0.39 is 0 Å². The third-order valence-corrected chi connectivity index (χ3v) is 5.24. The van der Waals surface area contributed by atoms with Gasteiger partial charge in [0, 0.05) is 24.4 Å². The molecule has 0 atom stereocenters. The van der Waals surface area contributed by atoms with Crippen molar-refractivity contribution in [1.82, 2.24) is 25.0 Å². The van der Waals surface area contributed by atoms with Crippen LogP contribution in [0.5, 0.6) is 0 Å². The molecule has 7 heteroatoms. The van der Waals surface area contributed by atoms with E-state index in [4.69, 9.17) is 10.1 Å². The molecule has 0 bridgehead atoms. The number of nitrogens with one attached hydrogen (secondary N) is 1. The molecule has 0 aliphatic carbocycles. The molecule has 6 nitrogen and oxygen atoms in total. The van der Waals surface area contributed by atoms with Crippen LogP contribution in [0, 0.1) is 0 Å². The van der Waals surface area contributed by atoms with Crippen LogP contribution >= 0.6 is 11.3 Å². The first-order valence-electron chi connectivity index (χ1n) is 8.74. The summed E-state index contributed by atoms with van der Waals surface area (Å²) in [4.78, 5) is 19.8. The first-order chi connectivity index (χ1) is 12.8. The van der Waals surface area contributed by atoms with Crippen molar-refractivity contribution in [2.75, 3.05) is 19.6 Å². The molecule has 134 valence electrons.